The molecule has 1 aliphatic carbocycles. The Balaban J connectivity index is 1.76. The fourth-order valence-corrected chi connectivity index (χ4v) is 2.80. The third-order valence-corrected chi connectivity index (χ3v) is 3.94. The molecule has 3 N–H and O–H groups in total. The smallest absolute Gasteiger partial charge is 0.315 e. The molecule has 0 aliphatic heterocycles. The Bertz CT molecular complexity index is 586. The molecule has 0 spiro atoms. The SMILES string of the molecule is CS(=O)(=O)NCCNC(=O)N[C@H]1CCc2ccccc21. The van der Waals surface area contributed by atoms with E-state index in [1.807, 2.05) is 18.2 Å². The maximum Gasteiger partial charge on any atom is 0.315 e. The maximum atomic E-state index is 11.7. The first-order valence-electron chi connectivity index (χ1n) is 6.52. The van der Waals surface area contributed by atoms with Gasteiger partial charge in [0.05, 0.1) is 12.3 Å². The van der Waals surface area contributed by atoms with E-state index in [9.17, 15) is 13.2 Å². The molecule has 2 rings (SSSR count). The number of amides is 2. The molecule has 1 aromatic carbocycles. The van der Waals surface area contributed by atoms with E-state index in [0.717, 1.165) is 24.7 Å². The quantitative estimate of drug-likeness (QED) is 0.693. The van der Waals surface area contributed by atoms with E-state index in [2.05, 4.69) is 21.4 Å². The van der Waals surface area contributed by atoms with Crippen molar-refractivity contribution in [1.29, 1.82) is 0 Å². The van der Waals surface area contributed by atoms with Crippen LogP contribution in [0.1, 0.15) is 23.6 Å². The van der Waals surface area contributed by atoms with Crippen LogP contribution in [0.15, 0.2) is 24.3 Å². The fourth-order valence-electron chi connectivity index (χ4n) is 2.33. The summed E-state index contributed by atoms with van der Waals surface area (Å²) in [7, 11) is -3.21. The summed E-state index contributed by atoms with van der Waals surface area (Å²) in [5.74, 6) is 0. The van der Waals surface area contributed by atoms with Crippen LogP contribution in [0.3, 0.4) is 0 Å². The minimum Gasteiger partial charge on any atom is -0.337 e. The predicted molar refractivity (Wildman–Crippen MR) is 76.9 cm³/mol. The van der Waals surface area contributed by atoms with Gasteiger partial charge in [-0.2, -0.15) is 0 Å². The van der Waals surface area contributed by atoms with Gasteiger partial charge in [-0.1, -0.05) is 24.3 Å². The number of nitrogens with one attached hydrogen (secondary N) is 3. The molecule has 110 valence electrons. The number of rotatable bonds is 5. The van der Waals surface area contributed by atoms with Crippen molar-refractivity contribution in [2.45, 2.75) is 18.9 Å². The third-order valence-electron chi connectivity index (χ3n) is 3.21. The largest absolute Gasteiger partial charge is 0.337 e. The summed E-state index contributed by atoms with van der Waals surface area (Å²) in [6.45, 7) is 0.445. The average molecular weight is 297 g/mol. The molecule has 2 amide bonds. The molecule has 0 unspecified atom stereocenters. The highest BCUT2D eigenvalue weighted by Gasteiger charge is 2.22. The van der Waals surface area contributed by atoms with Gasteiger partial charge in [0.15, 0.2) is 0 Å². The molecule has 1 aromatic rings. The van der Waals surface area contributed by atoms with Crippen molar-refractivity contribution in [3.63, 3.8) is 0 Å². The highest BCUT2D eigenvalue weighted by Crippen LogP contribution is 2.30. The number of hydrogen-bond acceptors (Lipinski definition) is 3. The number of aryl methyl sites for hydroxylation is 1. The van der Waals surface area contributed by atoms with Crippen molar-refractivity contribution >= 4 is 16.1 Å². The summed E-state index contributed by atoms with van der Waals surface area (Å²) in [5.41, 5.74) is 2.44. The van der Waals surface area contributed by atoms with E-state index in [4.69, 9.17) is 0 Å². The lowest BCUT2D eigenvalue weighted by molar-refractivity contribution is 0.237. The molecule has 0 fully saturated rings. The monoisotopic (exact) mass is 297 g/mol. The first-order valence-corrected chi connectivity index (χ1v) is 8.41. The minimum absolute atomic E-state index is 0.0362. The summed E-state index contributed by atoms with van der Waals surface area (Å²) in [5, 5.41) is 5.54. The van der Waals surface area contributed by atoms with E-state index in [-0.39, 0.29) is 25.2 Å². The zero-order valence-corrected chi connectivity index (χ0v) is 12.2. The van der Waals surface area contributed by atoms with Crippen LogP contribution in [0.4, 0.5) is 4.79 Å². The van der Waals surface area contributed by atoms with Crippen molar-refractivity contribution in [2.75, 3.05) is 19.3 Å². The number of carbonyl (C=O) groups excluding carboxylic acids is 1. The van der Waals surface area contributed by atoms with E-state index >= 15 is 0 Å². The summed E-state index contributed by atoms with van der Waals surface area (Å²) in [6.07, 6.45) is 2.95. The second-order valence-corrected chi connectivity index (χ2v) is 6.69. The number of hydrogen-bond donors (Lipinski definition) is 3. The van der Waals surface area contributed by atoms with Crippen LogP contribution in [0.2, 0.25) is 0 Å². The summed E-state index contributed by atoms with van der Waals surface area (Å²) in [4.78, 5) is 11.7. The molecule has 0 saturated heterocycles. The molecular formula is C13H19N3O3S. The van der Waals surface area contributed by atoms with Gasteiger partial charge < -0.3 is 10.6 Å². The summed E-state index contributed by atoms with van der Waals surface area (Å²) in [6, 6.07) is 7.82. The maximum absolute atomic E-state index is 11.7. The lowest BCUT2D eigenvalue weighted by Gasteiger charge is -2.14. The molecule has 7 heteroatoms. The molecular weight excluding hydrogens is 278 g/mol. The zero-order chi connectivity index (χ0) is 14.6. The molecule has 1 atom stereocenters. The van der Waals surface area contributed by atoms with Gasteiger partial charge in [0.1, 0.15) is 0 Å². The summed E-state index contributed by atoms with van der Waals surface area (Å²) < 4.78 is 24.0. The van der Waals surface area contributed by atoms with E-state index in [1.54, 1.807) is 0 Å². The number of carbonyl (C=O) groups is 1. The van der Waals surface area contributed by atoms with Crippen molar-refractivity contribution in [3.05, 3.63) is 35.4 Å². The van der Waals surface area contributed by atoms with E-state index in [1.165, 1.54) is 5.56 Å². The van der Waals surface area contributed by atoms with Gasteiger partial charge in [0.25, 0.3) is 0 Å². The van der Waals surface area contributed by atoms with Crippen molar-refractivity contribution in [3.8, 4) is 0 Å². The van der Waals surface area contributed by atoms with Gasteiger partial charge in [-0.05, 0) is 24.0 Å². The van der Waals surface area contributed by atoms with Crippen LogP contribution < -0.4 is 15.4 Å². The van der Waals surface area contributed by atoms with Gasteiger partial charge >= 0.3 is 6.03 Å². The van der Waals surface area contributed by atoms with Crippen LogP contribution in [-0.4, -0.2) is 33.8 Å². The van der Waals surface area contributed by atoms with Crippen LogP contribution in [-0.2, 0) is 16.4 Å². The van der Waals surface area contributed by atoms with Crippen molar-refractivity contribution in [1.82, 2.24) is 15.4 Å². The van der Waals surface area contributed by atoms with Crippen LogP contribution in [0.25, 0.3) is 0 Å². The molecule has 1 aliphatic rings. The number of benzene rings is 1. The van der Waals surface area contributed by atoms with Gasteiger partial charge in [-0.15, -0.1) is 0 Å². The lowest BCUT2D eigenvalue weighted by Crippen LogP contribution is -2.41. The molecule has 0 saturated carbocycles. The standard InChI is InChI=1S/C13H19N3O3S/c1-20(18,19)15-9-8-14-13(17)16-12-7-6-10-4-2-3-5-11(10)12/h2-5,12,15H,6-9H2,1H3,(H2,14,16,17)/t12-/m0/s1. The van der Waals surface area contributed by atoms with Gasteiger partial charge in [-0.25, -0.2) is 17.9 Å². The second-order valence-electron chi connectivity index (χ2n) is 4.86. The summed E-state index contributed by atoms with van der Waals surface area (Å²) >= 11 is 0. The van der Waals surface area contributed by atoms with Crippen LogP contribution in [0, 0.1) is 0 Å². The van der Waals surface area contributed by atoms with Gasteiger partial charge in [-0.3, -0.25) is 0 Å². The predicted octanol–water partition coefficient (Wildman–Crippen LogP) is 0.522. The third kappa shape index (κ3) is 4.21. The van der Waals surface area contributed by atoms with Crippen LogP contribution in [0.5, 0.6) is 0 Å². The van der Waals surface area contributed by atoms with Crippen molar-refractivity contribution < 1.29 is 13.2 Å². The fraction of sp³-hybridized carbons (Fsp3) is 0.462. The minimum atomic E-state index is -3.21. The molecule has 0 aromatic heterocycles. The highest BCUT2D eigenvalue weighted by molar-refractivity contribution is 7.88. The first kappa shape index (κ1) is 14.8. The zero-order valence-electron chi connectivity index (χ0n) is 11.3. The van der Waals surface area contributed by atoms with Crippen LogP contribution >= 0.6 is 0 Å². The molecule has 0 heterocycles. The molecule has 0 bridgehead atoms. The van der Waals surface area contributed by atoms with Gasteiger partial charge in [0, 0.05) is 13.1 Å². The Hall–Kier alpha value is -1.60. The van der Waals surface area contributed by atoms with Gasteiger partial charge in [0.2, 0.25) is 10.0 Å². The number of urea groups is 1. The first-order chi connectivity index (χ1) is 9.46. The topological polar surface area (TPSA) is 87.3 Å². The Morgan fingerprint density at radius 3 is 2.80 bits per heavy atom. The number of sulfonamides is 1. The molecule has 6 nitrogen and oxygen atoms in total. The Labute approximate surface area is 119 Å². The second kappa shape index (κ2) is 6.23. The van der Waals surface area contributed by atoms with E-state index in [0.29, 0.717) is 0 Å². The molecule has 20 heavy (non-hydrogen) atoms. The molecule has 0 radical (unpaired) electrons. The number of fused-ring (bicyclic) bond motifs is 1. The highest BCUT2D eigenvalue weighted by atomic mass is 32.2. The average Bonchev–Trinajstić information content (AvgIpc) is 2.77. The lowest BCUT2D eigenvalue weighted by atomic mass is 10.1. The Morgan fingerprint density at radius 2 is 2.05 bits per heavy atom. The normalized spacial score (nSPS) is 17.6. The van der Waals surface area contributed by atoms with Crippen molar-refractivity contribution in [2.24, 2.45) is 0 Å². The van der Waals surface area contributed by atoms with E-state index < -0.39 is 10.0 Å². The Morgan fingerprint density at radius 1 is 1.30 bits per heavy atom. The Kier molecular flexibility index (Phi) is 4.61.